The van der Waals surface area contributed by atoms with Gasteiger partial charge in [-0.15, -0.1) is 11.6 Å². The highest BCUT2D eigenvalue weighted by atomic mass is 35.5. The number of aliphatic hydroxyl groups excluding tert-OH is 1. The average Bonchev–Trinajstić information content (AvgIpc) is 2.87. The van der Waals surface area contributed by atoms with E-state index in [4.69, 9.17) is 30.5 Å². The van der Waals surface area contributed by atoms with Gasteiger partial charge < -0.3 is 34.3 Å². The Morgan fingerprint density at radius 3 is 2.50 bits per heavy atom. The molecule has 2 saturated heterocycles. The third-order valence-electron chi connectivity index (χ3n) is 3.11. The fourth-order valence-electron chi connectivity index (χ4n) is 2.35. The van der Waals surface area contributed by atoms with Crippen LogP contribution < -0.4 is 0 Å². The number of alkyl halides is 1. The second kappa shape index (κ2) is 5.38. The molecule has 3 N–H and O–H groups in total. The topological polar surface area (TPSA) is 115 Å². The van der Waals surface area contributed by atoms with Crippen LogP contribution in [0.3, 0.4) is 0 Å². The highest BCUT2D eigenvalue weighted by molar-refractivity contribution is 6.18. The molecule has 2 aliphatic rings. The van der Waals surface area contributed by atoms with E-state index in [0.717, 1.165) is 0 Å². The Bertz CT molecular complexity index is 389. The summed E-state index contributed by atoms with van der Waals surface area (Å²) in [6, 6.07) is 0. The average molecular weight is 313 g/mol. The zero-order valence-electron chi connectivity index (χ0n) is 11.0. The van der Waals surface area contributed by atoms with Crippen molar-refractivity contribution in [3.05, 3.63) is 0 Å². The van der Waals surface area contributed by atoms with Crippen molar-refractivity contribution in [1.82, 2.24) is 0 Å². The van der Waals surface area contributed by atoms with Crippen molar-refractivity contribution in [2.75, 3.05) is 12.5 Å². The molecule has 9 heteroatoms. The maximum atomic E-state index is 11.3. The predicted octanol–water partition coefficient (Wildman–Crippen LogP) is -0.748. The molecule has 116 valence electrons. The van der Waals surface area contributed by atoms with Crippen molar-refractivity contribution in [3.8, 4) is 0 Å². The first-order valence-corrected chi connectivity index (χ1v) is 6.58. The molecule has 0 bridgehead atoms. The maximum absolute atomic E-state index is 11.3. The lowest BCUT2D eigenvalue weighted by Crippen LogP contribution is -2.55. The van der Waals surface area contributed by atoms with Crippen molar-refractivity contribution in [1.29, 1.82) is 0 Å². The minimum atomic E-state index is -2.59. The number of carboxylic acid groups (broad SMARTS) is 1. The molecule has 0 spiro atoms. The molecule has 20 heavy (non-hydrogen) atoms. The van der Waals surface area contributed by atoms with Crippen molar-refractivity contribution in [3.63, 3.8) is 0 Å². The number of carbonyl (C=O) groups is 1. The first-order chi connectivity index (χ1) is 9.23. The highest BCUT2D eigenvalue weighted by Gasteiger charge is 2.63. The second-order valence-electron chi connectivity index (χ2n) is 5.08. The Labute approximate surface area is 120 Å². The molecule has 0 aromatic heterocycles. The Balaban J connectivity index is 2.27. The van der Waals surface area contributed by atoms with Crippen LogP contribution in [0.2, 0.25) is 0 Å². The van der Waals surface area contributed by atoms with Crippen LogP contribution in [0.5, 0.6) is 0 Å². The molecular formula is C11H17ClO8. The molecule has 2 heterocycles. The fourth-order valence-corrected chi connectivity index (χ4v) is 2.50. The van der Waals surface area contributed by atoms with Gasteiger partial charge in [0.05, 0.1) is 12.5 Å². The van der Waals surface area contributed by atoms with Gasteiger partial charge in [0, 0.05) is 0 Å². The number of hydrogen-bond donors (Lipinski definition) is 3. The van der Waals surface area contributed by atoms with Crippen LogP contribution >= 0.6 is 11.6 Å². The Kier molecular flexibility index (Phi) is 4.27. The molecule has 0 aromatic rings. The highest BCUT2D eigenvalue weighted by Crippen LogP contribution is 2.40. The van der Waals surface area contributed by atoms with Gasteiger partial charge in [-0.2, -0.15) is 0 Å². The quantitative estimate of drug-likeness (QED) is 0.581. The molecule has 0 aromatic carbocycles. The van der Waals surface area contributed by atoms with Crippen LogP contribution in [0.15, 0.2) is 0 Å². The third kappa shape index (κ3) is 2.64. The number of halogens is 1. The van der Waals surface area contributed by atoms with Gasteiger partial charge in [0.15, 0.2) is 18.2 Å². The Morgan fingerprint density at radius 1 is 1.35 bits per heavy atom. The summed E-state index contributed by atoms with van der Waals surface area (Å²) in [5.74, 6) is -5.52. The van der Waals surface area contributed by atoms with Gasteiger partial charge in [-0.25, -0.2) is 4.79 Å². The molecule has 0 radical (unpaired) electrons. The lowest BCUT2D eigenvalue weighted by molar-refractivity contribution is -0.242. The van der Waals surface area contributed by atoms with E-state index in [-0.39, 0.29) is 5.88 Å². The number of ether oxygens (including phenoxy) is 4. The largest absolute Gasteiger partial charge is 0.477 e. The smallest absolute Gasteiger partial charge is 0.367 e. The van der Waals surface area contributed by atoms with E-state index in [0.29, 0.717) is 0 Å². The maximum Gasteiger partial charge on any atom is 0.367 e. The first kappa shape index (κ1) is 15.9. The van der Waals surface area contributed by atoms with Crippen LogP contribution in [-0.4, -0.2) is 70.0 Å². The van der Waals surface area contributed by atoms with Crippen LogP contribution in [0, 0.1) is 0 Å². The monoisotopic (exact) mass is 312 g/mol. The van der Waals surface area contributed by atoms with E-state index >= 15 is 0 Å². The summed E-state index contributed by atoms with van der Waals surface area (Å²) < 4.78 is 21.2. The van der Waals surface area contributed by atoms with Gasteiger partial charge in [-0.1, -0.05) is 0 Å². The minimum Gasteiger partial charge on any atom is -0.477 e. The zero-order valence-corrected chi connectivity index (χ0v) is 11.7. The molecule has 2 rings (SSSR count). The fraction of sp³-hybridized carbons (Fsp3) is 0.909. The molecule has 0 saturated carbocycles. The summed E-state index contributed by atoms with van der Waals surface area (Å²) >= 11 is 5.61. The van der Waals surface area contributed by atoms with Crippen LogP contribution in [0.25, 0.3) is 0 Å². The summed E-state index contributed by atoms with van der Waals surface area (Å²) in [4.78, 5) is 11.3. The summed E-state index contributed by atoms with van der Waals surface area (Å²) in [5.41, 5.74) is 0. The van der Waals surface area contributed by atoms with Crippen molar-refractivity contribution in [2.45, 2.75) is 50.0 Å². The molecule has 2 aliphatic heterocycles. The molecule has 0 aliphatic carbocycles. The second-order valence-corrected chi connectivity index (χ2v) is 5.39. The number of aliphatic hydroxyl groups is 2. The molecule has 1 unspecified atom stereocenters. The van der Waals surface area contributed by atoms with E-state index in [2.05, 4.69) is 0 Å². The summed E-state index contributed by atoms with van der Waals surface area (Å²) in [7, 11) is 0. The standard InChI is InChI=1S/C11H17ClO8/c1-10(2)19-8(11(16,20-10)9(14)15)7-5(4-13)17-6(3-12)18-7/h5-8,13,16H,3-4H2,1-2H3,(H,14,15)/t5-,6?,7-,8+,11-/m1/s1. The van der Waals surface area contributed by atoms with Crippen molar-refractivity contribution >= 4 is 17.6 Å². The zero-order chi connectivity index (χ0) is 15.1. The van der Waals surface area contributed by atoms with Crippen LogP contribution in [0.4, 0.5) is 0 Å². The number of hydrogen-bond acceptors (Lipinski definition) is 7. The van der Waals surface area contributed by atoms with Gasteiger partial charge in [-0.3, -0.25) is 0 Å². The summed E-state index contributed by atoms with van der Waals surface area (Å²) in [6.07, 6.45) is -4.07. The predicted molar refractivity (Wildman–Crippen MR) is 64.0 cm³/mol. The number of aliphatic carboxylic acids is 1. The lowest BCUT2D eigenvalue weighted by Gasteiger charge is -2.27. The molecule has 5 atom stereocenters. The Hall–Kier alpha value is -0.480. The van der Waals surface area contributed by atoms with Crippen molar-refractivity contribution < 1.29 is 39.1 Å². The van der Waals surface area contributed by atoms with E-state index < -0.39 is 48.8 Å². The summed E-state index contributed by atoms with van der Waals surface area (Å²) in [6.45, 7) is 2.49. The number of carboxylic acids is 1. The lowest BCUT2D eigenvalue weighted by atomic mass is 10.0. The molecule has 8 nitrogen and oxygen atoms in total. The minimum absolute atomic E-state index is 0.00449. The van der Waals surface area contributed by atoms with E-state index in [1.54, 1.807) is 0 Å². The van der Waals surface area contributed by atoms with Gasteiger partial charge >= 0.3 is 5.97 Å². The Morgan fingerprint density at radius 2 is 2.00 bits per heavy atom. The number of rotatable bonds is 4. The van der Waals surface area contributed by atoms with Crippen LogP contribution in [0.1, 0.15) is 13.8 Å². The van der Waals surface area contributed by atoms with E-state index in [9.17, 15) is 20.1 Å². The van der Waals surface area contributed by atoms with Gasteiger partial charge in [0.2, 0.25) is 0 Å². The summed E-state index contributed by atoms with van der Waals surface area (Å²) in [5, 5.41) is 28.7. The normalized spacial score (nSPS) is 43.9. The molecule has 0 amide bonds. The van der Waals surface area contributed by atoms with E-state index in [1.165, 1.54) is 13.8 Å². The van der Waals surface area contributed by atoms with Gasteiger partial charge in [-0.05, 0) is 13.8 Å². The third-order valence-corrected chi connectivity index (χ3v) is 3.36. The van der Waals surface area contributed by atoms with Crippen molar-refractivity contribution in [2.24, 2.45) is 0 Å². The SMILES string of the molecule is CC1(C)O[C@@H]([C@@H]2OC(CCl)O[C@@H]2CO)[C@](O)(C(=O)O)O1. The first-order valence-electron chi connectivity index (χ1n) is 6.05. The van der Waals surface area contributed by atoms with Gasteiger partial charge in [0.1, 0.15) is 12.2 Å². The van der Waals surface area contributed by atoms with E-state index in [1.807, 2.05) is 0 Å². The van der Waals surface area contributed by atoms with Crippen LogP contribution in [-0.2, 0) is 23.7 Å². The van der Waals surface area contributed by atoms with Gasteiger partial charge in [0.25, 0.3) is 5.79 Å². The molecular weight excluding hydrogens is 296 g/mol. The molecule has 2 fully saturated rings.